The van der Waals surface area contributed by atoms with Crippen molar-refractivity contribution >= 4 is 22.5 Å². The van der Waals surface area contributed by atoms with Gasteiger partial charge < -0.3 is 16.0 Å². The monoisotopic (exact) mass is 414 g/mol. The number of rotatable bonds is 5. The first kappa shape index (κ1) is 20.8. The van der Waals surface area contributed by atoms with Crippen LogP contribution in [0.25, 0.3) is 10.9 Å². The second-order valence-corrected chi connectivity index (χ2v) is 8.23. The summed E-state index contributed by atoms with van der Waals surface area (Å²) >= 11 is 0. The average Bonchev–Trinajstić information content (AvgIpc) is 2.78. The molecule has 1 aromatic carbocycles. The maximum Gasteiger partial charge on any atom is 0.237 e. The Balaban J connectivity index is 1.49. The molecular formula is C24H26N6O. The molecule has 1 aliphatic heterocycles. The SMILES string of the molecule is C[C@H]1C[C@@H](NC(=O)[C@@H](N)Cc2ccccn2)CN(c2ccc(C#N)c3ncccc23)C1. The van der Waals surface area contributed by atoms with E-state index in [1.807, 2.05) is 42.5 Å². The number of nitrogens with two attached hydrogens (primary N) is 1. The number of anilines is 1. The van der Waals surface area contributed by atoms with Crippen LogP contribution in [-0.2, 0) is 11.2 Å². The standard InChI is InChI=1S/C24H26N6O/c1-16-11-19(29-24(31)21(26)12-18-5-2-3-9-27-18)15-30(14-16)22-8-7-17(13-25)23-20(22)6-4-10-28-23/h2-10,16,19,21H,11-12,14-15,26H2,1H3,(H,29,31)/t16-,19+,21-/m0/s1. The molecule has 0 spiro atoms. The van der Waals surface area contributed by atoms with E-state index in [0.717, 1.165) is 29.7 Å². The van der Waals surface area contributed by atoms with Crippen LogP contribution in [-0.4, -0.2) is 41.0 Å². The number of carbonyl (C=O) groups is 1. The van der Waals surface area contributed by atoms with Crippen molar-refractivity contribution in [2.24, 2.45) is 11.7 Å². The second kappa shape index (κ2) is 9.11. The van der Waals surface area contributed by atoms with Gasteiger partial charge in [-0.1, -0.05) is 13.0 Å². The van der Waals surface area contributed by atoms with Crippen LogP contribution in [0.2, 0.25) is 0 Å². The van der Waals surface area contributed by atoms with E-state index in [0.29, 0.717) is 30.0 Å². The number of aromatic nitrogens is 2. The largest absolute Gasteiger partial charge is 0.369 e. The second-order valence-electron chi connectivity index (χ2n) is 8.23. The van der Waals surface area contributed by atoms with Gasteiger partial charge in [0, 0.05) is 54.7 Å². The van der Waals surface area contributed by atoms with Crippen LogP contribution in [0.5, 0.6) is 0 Å². The number of carbonyl (C=O) groups excluding carboxylic acids is 1. The number of amides is 1. The van der Waals surface area contributed by atoms with Gasteiger partial charge in [-0.2, -0.15) is 5.26 Å². The Morgan fingerprint density at radius 1 is 1.23 bits per heavy atom. The third-order valence-corrected chi connectivity index (χ3v) is 5.71. The molecule has 2 aromatic heterocycles. The van der Waals surface area contributed by atoms with Gasteiger partial charge in [0.2, 0.25) is 5.91 Å². The highest BCUT2D eigenvalue weighted by molar-refractivity contribution is 5.95. The summed E-state index contributed by atoms with van der Waals surface area (Å²) in [5.41, 5.74) is 9.26. The number of hydrogen-bond acceptors (Lipinski definition) is 6. The summed E-state index contributed by atoms with van der Waals surface area (Å²) < 4.78 is 0. The van der Waals surface area contributed by atoms with Crippen molar-refractivity contribution in [2.45, 2.75) is 31.8 Å². The predicted molar refractivity (Wildman–Crippen MR) is 120 cm³/mol. The minimum atomic E-state index is -0.638. The molecule has 0 radical (unpaired) electrons. The minimum Gasteiger partial charge on any atom is -0.369 e. The quantitative estimate of drug-likeness (QED) is 0.664. The molecule has 158 valence electrons. The smallest absolute Gasteiger partial charge is 0.237 e. The van der Waals surface area contributed by atoms with Gasteiger partial charge in [-0.3, -0.25) is 14.8 Å². The van der Waals surface area contributed by atoms with E-state index in [-0.39, 0.29) is 11.9 Å². The Hall–Kier alpha value is -3.50. The Bertz CT molecular complexity index is 1110. The van der Waals surface area contributed by atoms with E-state index in [9.17, 15) is 10.1 Å². The summed E-state index contributed by atoms with van der Waals surface area (Å²) in [6, 6.07) is 14.9. The van der Waals surface area contributed by atoms with Crippen LogP contribution < -0.4 is 16.0 Å². The van der Waals surface area contributed by atoms with Gasteiger partial charge in [-0.15, -0.1) is 0 Å². The Kier molecular flexibility index (Phi) is 6.10. The van der Waals surface area contributed by atoms with E-state index in [1.165, 1.54) is 0 Å². The van der Waals surface area contributed by atoms with Gasteiger partial charge in [-0.25, -0.2) is 0 Å². The molecule has 7 heteroatoms. The molecule has 3 aromatic rings. The molecule has 0 aliphatic carbocycles. The summed E-state index contributed by atoms with van der Waals surface area (Å²) in [7, 11) is 0. The van der Waals surface area contributed by atoms with Crippen molar-refractivity contribution in [3.63, 3.8) is 0 Å². The maximum atomic E-state index is 12.7. The van der Waals surface area contributed by atoms with E-state index >= 15 is 0 Å². The predicted octanol–water partition coefficient (Wildman–Crippen LogP) is 2.40. The van der Waals surface area contributed by atoms with Crippen LogP contribution in [0.1, 0.15) is 24.6 Å². The van der Waals surface area contributed by atoms with Gasteiger partial charge in [0.1, 0.15) is 6.07 Å². The topological polar surface area (TPSA) is 108 Å². The molecule has 1 saturated heterocycles. The van der Waals surface area contributed by atoms with E-state index in [2.05, 4.69) is 33.2 Å². The molecule has 3 N–H and O–H groups in total. The number of piperidine rings is 1. The fourth-order valence-electron chi connectivity index (χ4n) is 4.32. The summed E-state index contributed by atoms with van der Waals surface area (Å²) in [6.07, 6.45) is 4.71. The van der Waals surface area contributed by atoms with Crippen LogP contribution in [0, 0.1) is 17.2 Å². The fraction of sp³-hybridized carbons (Fsp3) is 0.333. The van der Waals surface area contributed by atoms with E-state index < -0.39 is 6.04 Å². The molecule has 4 rings (SSSR count). The molecule has 31 heavy (non-hydrogen) atoms. The van der Waals surface area contributed by atoms with Crippen molar-refractivity contribution < 1.29 is 4.79 Å². The highest BCUT2D eigenvalue weighted by atomic mass is 16.2. The minimum absolute atomic E-state index is 0.00611. The van der Waals surface area contributed by atoms with Gasteiger partial charge in [0.05, 0.1) is 17.1 Å². The normalized spacial score (nSPS) is 19.6. The van der Waals surface area contributed by atoms with Gasteiger partial charge in [-0.05, 0) is 48.7 Å². The van der Waals surface area contributed by atoms with Crippen LogP contribution in [0.4, 0.5) is 5.69 Å². The highest BCUT2D eigenvalue weighted by Crippen LogP contribution is 2.31. The molecule has 3 atom stereocenters. The highest BCUT2D eigenvalue weighted by Gasteiger charge is 2.28. The number of nitrogens with zero attached hydrogens (tertiary/aromatic N) is 4. The van der Waals surface area contributed by atoms with Gasteiger partial charge >= 0.3 is 0 Å². The summed E-state index contributed by atoms with van der Waals surface area (Å²) in [6.45, 7) is 3.74. The number of pyridine rings is 2. The lowest BCUT2D eigenvalue weighted by atomic mass is 9.94. The fourth-order valence-corrected chi connectivity index (χ4v) is 4.32. The lowest BCUT2D eigenvalue weighted by Crippen LogP contribution is -2.54. The zero-order valence-corrected chi connectivity index (χ0v) is 17.5. The molecule has 0 unspecified atom stereocenters. The summed E-state index contributed by atoms with van der Waals surface area (Å²) in [5.74, 6) is 0.240. The zero-order chi connectivity index (χ0) is 21.8. The number of benzene rings is 1. The maximum absolute atomic E-state index is 12.7. The summed E-state index contributed by atoms with van der Waals surface area (Å²) in [4.78, 5) is 23.7. The molecule has 1 aliphatic rings. The van der Waals surface area contributed by atoms with Crippen LogP contribution in [0.3, 0.4) is 0 Å². The number of nitriles is 1. The molecule has 3 heterocycles. The number of fused-ring (bicyclic) bond motifs is 1. The van der Waals surface area contributed by atoms with Gasteiger partial charge in [0.15, 0.2) is 0 Å². The van der Waals surface area contributed by atoms with Gasteiger partial charge in [0.25, 0.3) is 0 Å². The van der Waals surface area contributed by atoms with Crippen molar-refractivity contribution in [3.8, 4) is 6.07 Å². The van der Waals surface area contributed by atoms with Crippen LogP contribution in [0.15, 0.2) is 54.9 Å². The molecular weight excluding hydrogens is 388 g/mol. The molecule has 0 bridgehead atoms. The third kappa shape index (κ3) is 4.65. The molecule has 0 saturated carbocycles. The van der Waals surface area contributed by atoms with Crippen molar-refractivity contribution in [1.29, 1.82) is 5.26 Å². The molecule has 1 amide bonds. The van der Waals surface area contributed by atoms with E-state index in [1.54, 1.807) is 12.4 Å². The Morgan fingerprint density at radius 2 is 2.06 bits per heavy atom. The molecule has 7 nitrogen and oxygen atoms in total. The van der Waals surface area contributed by atoms with Crippen molar-refractivity contribution in [2.75, 3.05) is 18.0 Å². The number of hydrogen-bond donors (Lipinski definition) is 2. The van der Waals surface area contributed by atoms with Crippen molar-refractivity contribution in [3.05, 3.63) is 66.1 Å². The lowest BCUT2D eigenvalue weighted by Gasteiger charge is -2.39. The lowest BCUT2D eigenvalue weighted by molar-refractivity contribution is -0.123. The Labute approximate surface area is 181 Å². The number of nitrogens with one attached hydrogen (secondary N) is 1. The summed E-state index contributed by atoms with van der Waals surface area (Å²) in [5, 5.41) is 13.5. The van der Waals surface area contributed by atoms with Crippen molar-refractivity contribution in [1.82, 2.24) is 15.3 Å². The molecule has 1 fully saturated rings. The first-order valence-electron chi connectivity index (χ1n) is 10.5. The van der Waals surface area contributed by atoms with E-state index in [4.69, 9.17) is 5.73 Å². The zero-order valence-electron chi connectivity index (χ0n) is 17.5. The Morgan fingerprint density at radius 3 is 2.84 bits per heavy atom. The average molecular weight is 415 g/mol. The first-order chi connectivity index (χ1) is 15.0. The first-order valence-corrected chi connectivity index (χ1v) is 10.5. The van der Waals surface area contributed by atoms with Crippen LogP contribution >= 0.6 is 0 Å². The third-order valence-electron chi connectivity index (χ3n) is 5.71.